The van der Waals surface area contributed by atoms with E-state index in [1.165, 1.54) is 5.56 Å². The lowest BCUT2D eigenvalue weighted by molar-refractivity contribution is 0.0683. The van der Waals surface area contributed by atoms with Gasteiger partial charge < -0.3 is 5.11 Å². The largest absolute Gasteiger partial charge is 0.475 e. The standard InChI is InChI=1S/C15H19N3O2/c1-5-12-16-13(14(19)20)17-18(12)11-8-6-10(7-9-11)15(2,3)4/h6-9H,5H2,1-4H3,(H,19,20). The van der Waals surface area contributed by atoms with Crippen molar-refractivity contribution in [1.82, 2.24) is 14.8 Å². The van der Waals surface area contributed by atoms with Gasteiger partial charge >= 0.3 is 5.97 Å². The van der Waals surface area contributed by atoms with Gasteiger partial charge in [-0.1, -0.05) is 39.8 Å². The first-order valence-electron chi connectivity index (χ1n) is 6.63. The second kappa shape index (κ2) is 5.07. The van der Waals surface area contributed by atoms with Crippen LogP contribution in [0.2, 0.25) is 0 Å². The van der Waals surface area contributed by atoms with Gasteiger partial charge in [0.15, 0.2) is 0 Å². The van der Waals surface area contributed by atoms with Crippen LogP contribution in [0.5, 0.6) is 0 Å². The maximum Gasteiger partial charge on any atom is 0.375 e. The molecule has 0 saturated carbocycles. The number of hydrogen-bond donors (Lipinski definition) is 1. The summed E-state index contributed by atoms with van der Waals surface area (Å²) in [5, 5.41) is 13.0. The number of hydrogen-bond acceptors (Lipinski definition) is 3. The minimum atomic E-state index is -1.11. The van der Waals surface area contributed by atoms with Gasteiger partial charge in [-0.25, -0.2) is 14.5 Å². The number of aryl methyl sites for hydroxylation is 1. The third kappa shape index (κ3) is 2.71. The molecule has 0 unspecified atom stereocenters. The summed E-state index contributed by atoms with van der Waals surface area (Å²) in [7, 11) is 0. The average molecular weight is 273 g/mol. The molecule has 0 fully saturated rings. The van der Waals surface area contributed by atoms with Crippen molar-refractivity contribution in [3.8, 4) is 5.69 Å². The molecule has 0 saturated heterocycles. The fourth-order valence-electron chi connectivity index (χ4n) is 1.97. The maximum atomic E-state index is 11.0. The number of benzene rings is 1. The zero-order valence-corrected chi connectivity index (χ0v) is 12.2. The van der Waals surface area contributed by atoms with Gasteiger partial charge in [-0.05, 0) is 23.1 Å². The molecule has 1 aromatic carbocycles. The second-order valence-electron chi connectivity index (χ2n) is 5.72. The van der Waals surface area contributed by atoms with Crippen LogP contribution < -0.4 is 0 Å². The van der Waals surface area contributed by atoms with Crippen LogP contribution in [-0.4, -0.2) is 25.8 Å². The Bertz CT molecular complexity index is 622. The molecule has 2 aromatic rings. The summed E-state index contributed by atoms with van der Waals surface area (Å²) in [6.07, 6.45) is 0.626. The summed E-state index contributed by atoms with van der Waals surface area (Å²) in [4.78, 5) is 15.0. The third-order valence-corrected chi connectivity index (χ3v) is 3.16. The summed E-state index contributed by atoms with van der Waals surface area (Å²) >= 11 is 0. The fraction of sp³-hybridized carbons (Fsp3) is 0.400. The Morgan fingerprint density at radius 2 is 1.85 bits per heavy atom. The Hall–Kier alpha value is -2.17. The van der Waals surface area contributed by atoms with E-state index in [4.69, 9.17) is 5.11 Å². The number of nitrogens with zero attached hydrogens (tertiary/aromatic N) is 3. The van der Waals surface area contributed by atoms with Crippen molar-refractivity contribution < 1.29 is 9.90 Å². The molecule has 20 heavy (non-hydrogen) atoms. The zero-order valence-electron chi connectivity index (χ0n) is 12.2. The molecule has 2 rings (SSSR count). The van der Waals surface area contributed by atoms with Crippen LogP contribution in [0.25, 0.3) is 5.69 Å². The van der Waals surface area contributed by atoms with Crippen molar-refractivity contribution in [1.29, 1.82) is 0 Å². The monoisotopic (exact) mass is 273 g/mol. The van der Waals surface area contributed by atoms with Crippen molar-refractivity contribution in [3.05, 3.63) is 41.5 Å². The van der Waals surface area contributed by atoms with E-state index >= 15 is 0 Å². The molecule has 1 N–H and O–H groups in total. The van der Waals surface area contributed by atoms with E-state index in [1.54, 1.807) is 4.68 Å². The highest BCUT2D eigenvalue weighted by molar-refractivity contribution is 5.83. The number of aromatic carboxylic acids is 1. The zero-order chi connectivity index (χ0) is 14.9. The van der Waals surface area contributed by atoms with E-state index in [1.807, 2.05) is 31.2 Å². The average Bonchev–Trinajstić information content (AvgIpc) is 2.82. The Kier molecular flexibility index (Phi) is 3.61. The highest BCUT2D eigenvalue weighted by atomic mass is 16.4. The predicted molar refractivity (Wildman–Crippen MR) is 76.4 cm³/mol. The lowest BCUT2D eigenvalue weighted by Gasteiger charge is -2.19. The third-order valence-electron chi connectivity index (χ3n) is 3.16. The molecule has 0 aliphatic rings. The molecule has 0 spiro atoms. The molecule has 0 radical (unpaired) electrons. The van der Waals surface area contributed by atoms with Crippen LogP contribution in [0.15, 0.2) is 24.3 Å². The van der Waals surface area contributed by atoms with Gasteiger partial charge in [0.1, 0.15) is 5.82 Å². The van der Waals surface area contributed by atoms with Crippen molar-refractivity contribution >= 4 is 5.97 Å². The Morgan fingerprint density at radius 3 is 2.30 bits per heavy atom. The first-order chi connectivity index (χ1) is 9.32. The molecule has 1 heterocycles. The van der Waals surface area contributed by atoms with Crippen LogP contribution in [0.3, 0.4) is 0 Å². The molecule has 5 heteroatoms. The smallest absolute Gasteiger partial charge is 0.375 e. The lowest BCUT2D eigenvalue weighted by atomic mass is 9.87. The van der Waals surface area contributed by atoms with Crippen LogP contribution >= 0.6 is 0 Å². The van der Waals surface area contributed by atoms with E-state index in [0.717, 1.165) is 5.69 Å². The molecule has 5 nitrogen and oxygen atoms in total. The summed E-state index contributed by atoms with van der Waals surface area (Å²) in [5.41, 5.74) is 2.13. The number of carbonyl (C=O) groups is 1. The molecule has 0 aliphatic heterocycles. The highest BCUT2D eigenvalue weighted by Crippen LogP contribution is 2.23. The lowest BCUT2D eigenvalue weighted by Crippen LogP contribution is -2.11. The Balaban J connectivity index is 2.43. The number of rotatable bonds is 3. The maximum absolute atomic E-state index is 11.0. The van der Waals surface area contributed by atoms with E-state index in [-0.39, 0.29) is 11.2 Å². The van der Waals surface area contributed by atoms with Gasteiger partial charge in [-0.2, -0.15) is 0 Å². The Morgan fingerprint density at radius 1 is 1.25 bits per heavy atom. The summed E-state index contributed by atoms with van der Waals surface area (Å²) < 4.78 is 1.59. The van der Waals surface area contributed by atoms with E-state index in [0.29, 0.717) is 12.2 Å². The van der Waals surface area contributed by atoms with Crippen LogP contribution in [0.1, 0.15) is 49.7 Å². The van der Waals surface area contributed by atoms with Crippen LogP contribution in [-0.2, 0) is 11.8 Å². The summed E-state index contributed by atoms with van der Waals surface area (Å²) in [6, 6.07) is 7.97. The minimum absolute atomic E-state index is 0.0840. The van der Waals surface area contributed by atoms with Gasteiger partial charge in [0, 0.05) is 6.42 Å². The van der Waals surface area contributed by atoms with Crippen LogP contribution in [0.4, 0.5) is 0 Å². The van der Waals surface area contributed by atoms with Gasteiger partial charge in [-0.15, -0.1) is 5.10 Å². The van der Waals surface area contributed by atoms with Gasteiger partial charge in [0.05, 0.1) is 5.69 Å². The predicted octanol–water partition coefficient (Wildman–Crippen LogP) is 2.83. The normalized spacial score (nSPS) is 11.6. The van der Waals surface area contributed by atoms with Gasteiger partial charge in [-0.3, -0.25) is 0 Å². The highest BCUT2D eigenvalue weighted by Gasteiger charge is 2.17. The van der Waals surface area contributed by atoms with Gasteiger partial charge in [0.25, 0.3) is 5.82 Å². The minimum Gasteiger partial charge on any atom is -0.475 e. The second-order valence-corrected chi connectivity index (χ2v) is 5.72. The molecule has 0 bridgehead atoms. The Labute approximate surface area is 118 Å². The van der Waals surface area contributed by atoms with Gasteiger partial charge in [0.2, 0.25) is 0 Å². The van der Waals surface area contributed by atoms with Crippen molar-refractivity contribution in [3.63, 3.8) is 0 Å². The number of carboxylic acids is 1. The van der Waals surface area contributed by atoms with Crippen LogP contribution in [0, 0.1) is 0 Å². The molecular weight excluding hydrogens is 254 g/mol. The summed E-state index contributed by atoms with van der Waals surface area (Å²) in [5.74, 6) is -0.627. The quantitative estimate of drug-likeness (QED) is 0.933. The number of carboxylic acid groups (broad SMARTS) is 1. The van der Waals surface area contributed by atoms with E-state index < -0.39 is 5.97 Å². The molecule has 0 atom stereocenters. The van der Waals surface area contributed by atoms with Crippen molar-refractivity contribution in [2.24, 2.45) is 0 Å². The summed E-state index contributed by atoms with van der Waals surface area (Å²) in [6.45, 7) is 8.38. The van der Waals surface area contributed by atoms with E-state index in [9.17, 15) is 4.79 Å². The molecule has 1 aromatic heterocycles. The molecule has 106 valence electrons. The molecular formula is C15H19N3O2. The number of aromatic nitrogens is 3. The van der Waals surface area contributed by atoms with E-state index in [2.05, 4.69) is 30.9 Å². The molecule has 0 amide bonds. The van der Waals surface area contributed by atoms with Crippen molar-refractivity contribution in [2.75, 3.05) is 0 Å². The molecule has 0 aliphatic carbocycles. The van der Waals surface area contributed by atoms with Crippen molar-refractivity contribution in [2.45, 2.75) is 39.5 Å². The SMILES string of the molecule is CCc1nc(C(=O)O)nn1-c1ccc(C(C)(C)C)cc1. The fourth-order valence-corrected chi connectivity index (χ4v) is 1.97. The first-order valence-corrected chi connectivity index (χ1v) is 6.63. The topological polar surface area (TPSA) is 68.0 Å². The first kappa shape index (κ1) is 14.2.